The number of aromatic nitrogens is 2. The molecule has 0 spiro atoms. The van der Waals surface area contributed by atoms with Gasteiger partial charge in [-0.15, -0.1) is 0 Å². The molecule has 7 heteroatoms. The molecule has 1 amide bonds. The summed E-state index contributed by atoms with van der Waals surface area (Å²) in [5.41, 5.74) is 0.575. The van der Waals surface area contributed by atoms with Gasteiger partial charge in [0.2, 0.25) is 5.95 Å². The SMILES string of the molecule is CCCCNc1ncc(C(=O)NCC2CCN(C3CCCCC3)CC2)c(NC2CCCCC2)n1. The second-order valence-corrected chi connectivity index (χ2v) is 10.7. The van der Waals surface area contributed by atoms with Crippen molar-refractivity contribution < 1.29 is 4.79 Å². The Balaban J connectivity index is 1.31. The molecule has 0 radical (unpaired) electrons. The van der Waals surface area contributed by atoms with Crippen molar-refractivity contribution in [1.82, 2.24) is 20.2 Å². The maximum absolute atomic E-state index is 13.2. The number of carbonyl (C=O) groups excluding carboxylic acids is 1. The van der Waals surface area contributed by atoms with Crippen molar-refractivity contribution in [2.24, 2.45) is 5.92 Å². The zero-order chi connectivity index (χ0) is 23.6. The zero-order valence-electron chi connectivity index (χ0n) is 21.3. The number of carbonyl (C=O) groups is 1. The van der Waals surface area contributed by atoms with Crippen molar-refractivity contribution in [3.63, 3.8) is 0 Å². The van der Waals surface area contributed by atoms with Gasteiger partial charge in [0.25, 0.3) is 5.91 Å². The van der Waals surface area contributed by atoms with Crippen LogP contribution in [0.4, 0.5) is 11.8 Å². The van der Waals surface area contributed by atoms with E-state index in [4.69, 9.17) is 4.98 Å². The molecule has 1 aromatic rings. The van der Waals surface area contributed by atoms with Crippen LogP contribution in [0, 0.1) is 5.92 Å². The van der Waals surface area contributed by atoms with Gasteiger partial charge in [0.1, 0.15) is 11.4 Å². The Bertz CT molecular complexity index is 751. The van der Waals surface area contributed by atoms with Crippen LogP contribution in [0.15, 0.2) is 6.20 Å². The second-order valence-electron chi connectivity index (χ2n) is 10.7. The number of nitrogens with one attached hydrogen (secondary N) is 3. The summed E-state index contributed by atoms with van der Waals surface area (Å²) in [6.45, 7) is 6.13. The van der Waals surface area contributed by atoms with Gasteiger partial charge in [-0.2, -0.15) is 4.98 Å². The minimum atomic E-state index is -0.0480. The Hall–Kier alpha value is -1.89. The lowest BCUT2D eigenvalue weighted by Crippen LogP contribution is -2.44. The average molecular weight is 471 g/mol. The number of anilines is 2. The van der Waals surface area contributed by atoms with Gasteiger partial charge in [-0.3, -0.25) is 4.79 Å². The minimum absolute atomic E-state index is 0.0480. The fraction of sp³-hybridized carbons (Fsp3) is 0.815. The van der Waals surface area contributed by atoms with E-state index < -0.39 is 0 Å². The van der Waals surface area contributed by atoms with Crippen LogP contribution in [0.1, 0.15) is 107 Å². The Morgan fingerprint density at radius 1 is 1.00 bits per heavy atom. The third-order valence-corrected chi connectivity index (χ3v) is 8.08. The second kappa shape index (κ2) is 13.3. The molecule has 0 bridgehead atoms. The van der Waals surface area contributed by atoms with Crippen LogP contribution in [0.3, 0.4) is 0 Å². The number of nitrogens with zero attached hydrogens (tertiary/aromatic N) is 3. The molecular weight excluding hydrogens is 424 g/mol. The number of likely N-dealkylation sites (tertiary alicyclic amines) is 1. The van der Waals surface area contributed by atoms with Crippen LogP contribution < -0.4 is 16.0 Å². The van der Waals surface area contributed by atoms with Crippen LogP contribution in [-0.4, -0.2) is 59.0 Å². The van der Waals surface area contributed by atoms with Crippen LogP contribution in [0.2, 0.25) is 0 Å². The van der Waals surface area contributed by atoms with E-state index in [1.165, 1.54) is 77.3 Å². The summed E-state index contributed by atoms with van der Waals surface area (Å²) in [6.07, 6.45) is 19.3. The van der Waals surface area contributed by atoms with Crippen LogP contribution in [0.25, 0.3) is 0 Å². The van der Waals surface area contributed by atoms with E-state index >= 15 is 0 Å². The van der Waals surface area contributed by atoms with Gasteiger partial charge < -0.3 is 20.9 Å². The number of hydrogen-bond donors (Lipinski definition) is 3. The molecule has 3 N–H and O–H groups in total. The molecule has 1 saturated heterocycles. The Kier molecular flexibility index (Phi) is 9.84. The predicted molar refractivity (Wildman–Crippen MR) is 139 cm³/mol. The number of hydrogen-bond acceptors (Lipinski definition) is 6. The number of unbranched alkanes of at least 4 members (excludes halogenated alkanes) is 1. The first-order chi connectivity index (χ1) is 16.7. The van der Waals surface area contributed by atoms with E-state index in [0.717, 1.165) is 44.8 Å². The monoisotopic (exact) mass is 470 g/mol. The summed E-state index contributed by atoms with van der Waals surface area (Å²) in [4.78, 5) is 25.0. The van der Waals surface area contributed by atoms with E-state index in [1.54, 1.807) is 6.20 Å². The maximum Gasteiger partial charge on any atom is 0.256 e. The quantitative estimate of drug-likeness (QED) is 0.407. The first-order valence-electron chi connectivity index (χ1n) is 14.1. The highest BCUT2D eigenvalue weighted by atomic mass is 16.1. The van der Waals surface area contributed by atoms with Gasteiger partial charge >= 0.3 is 0 Å². The summed E-state index contributed by atoms with van der Waals surface area (Å²) < 4.78 is 0. The molecule has 2 heterocycles. The first-order valence-corrected chi connectivity index (χ1v) is 14.1. The van der Waals surface area contributed by atoms with Crippen LogP contribution >= 0.6 is 0 Å². The highest BCUT2D eigenvalue weighted by Crippen LogP contribution is 2.27. The van der Waals surface area contributed by atoms with Crippen molar-refractivity contribution in [3.05, 3.63) is 11.8 Å². The third-order valence-electron chi connectivity index (χ3n) is 8.08. The average Bonchev–Trinajstić information content (AvgIpc) is 2.89. The number of amides is 1. The standard InChI is InChI=1S/C27H46N6O/c1-2-3-16-28-27-30-20-24(25(32-27)31-22-10-6-4-7-11-22)26(34)29-19-21-14-17-33(18-15-21)23-12-8-5-9-13-23/h20-23H,2-19H2,1H3,(H,29,34)(H2,28,30,31,32). The highest BCUT2D eigenvalue weighted by molar-refractivity contribution is 5.98. The Morgan fingerprint density at radius 2 is 1.71 bits per heavy atom. The van der Waals surface area contributed by atoms with Gasteiger partial charge in [-0.1, -0.05) is 51.9 Å². The molecule has 34 heavy (non-hydrogen) atoms. The van der Waals surface area contributed by atoms with E-state index in [-0.39, 0.29) is 5.91 Å². The van der Waals surface area contributed by atoms with E-state index in [9.17, 15) is 4.79 Å². The van der Waals surface area contributed by atoms with Gasteiger partial charge in [0.15, 0.2) is 0 Å². The lowest BCUT2D eigenvalue weighted by atomic mass is 9.90. The summed E-state index contributed by atoms with van der Waals surface area (Å²) in [7, 11) is 0. The first kappa shape index (κ1) is 25.2. The molecule has 0 unspecified atom stereocenters. The Labute approximate surface area is 206 Å². The van der Waals surface area contributed by atoms with Gasteiger partial charge in [0, 0.05) is 31.4 Å². The van der Waals surface area contributed by atoms with Gasteiger partial charge in [0.05, 0.1) is 0 Å². The fourth-order valence-electron chi connectivity index (χ4n) is 5.86. The predicted octanol–water partition coefficient (Wildman–Crippen LogP) is 5.21. The molecule has 0 atom stereocenters. The molecule has 7 nitrogen and oxygen atoms in total. The van der Waals surface area contributed by atoms with Gasteiger partial charge in [-0.05, 0) is 64.0 Å². The summed E-state index contributed by atoms with van der Waals surface area (Å²) in [6, 6.07) is 1.20. The molecule has 1 aromatic heterocycles. The highest BCUT2D eigenvalue weighted by Gasteiger charge is 2.27. The van der Waals surface area contributed by atoms with E-state index in [2.05, 4.69) is 32.8 Å². The zero-order valence-corrected chi connectivity index (χ0v) is 21.3. The molecular formula is C27H46N6O. The molecule has 4 rings (SSSR count). The third kappa shape index (κ3) is 7.30. The van der Waals surface area contributed by atoms with E-state index in [1.807, 2.05) is 0 Å². The summed E-state index contributed by atoms with van der Waals surface area (Å²) >= 11 is 0. The summed E-state index contributed by atoms with van der Waals surface area (Å²) in [5.74, 6) is 1.81. The molecule has 0 aromatic carbocycles. The summed E-state index contributed by atoms with van der Waals surface area (Å²) in [5, 5.41) is 10.1. The molecule has 3 fully saturated rings. The van der Waals surface area contributed by atoms with Crippen molar-refractivity contribution in [2.75, 3.05) is 36.8 Å². The topological polar surface area (TPSA) is 82.2 Å². The molecule has 1 aliphatic heterocycles. The van der Waals surface area contributed by atoms with E-state index in [0.29, 0.717) is 29.3 Å². The lowest BCUT2D eigenvalue weighted by Gasteiger charge is -2.39. The number of rotatable bonds is 10. The largest absolute Gasteiger partial charge is 0.367 e. The molecule has 2 aliphatic carbocycles. The maximum atomic E-state index is 13.2. The lowest BCUT2D eigenvalue weighted by molar-refractivity contribution is 0.0899. The molecule has 2 saturated carbocycles. The normalized spacial score (nSPS) is 21.3. The van der Waals surface area contributed by atoms with Crippen LogP contribution in [0.5, 0.6) is 0 Å². The number of piperidine rings is 1. The molecule has 190 valence electrons. The van der Waals surface area contributed by atoms with Crippen molar-refractivity contribution in [1.29, 1.82) is 0 Å². The smallest absolute Gasteiger partial charge is 0.256 e. The van der Waals surface area contributed by atoms with Crippen molar-refractivity contribution >= 4 is 17.7 Å². The van der Waals surface area contributed by atoms with Crippen molar-refractivity contribution in [3.8, 4) is 0 Å². The molecule has 3 aliphatic rings. The fourth-order valence-corrected chi connectivity index (χ4v) is 5.86. The van der Waals surface area contributed by atoms with Gasteiger partial charge in [-0.25, -0.2) is 4.98 Å². The Morgan fingerprint density at radius 3 is 2.41 bits per heavy atom. The van der Waals surface area contributed by atoms with Crippen molar-refractivity contribution in [2.45, 2.75) is 109 Å². The minimum Gasteiger partial charge on any atom is -0.367 e. The van der Waals surface area contributed by atoms with Crippen LogP contribution in [-0.2, 0) is 0 Å².